The Morgan fingerprint density at radius 3 is 1.95 bits per heavy atom. The van der Waals surface area contributed by atoms with Gasteiger partial charge in [-0.1, -0.05) is 75.4 Å². The topological polar surface area (TPSA) is 20.2 Å². The van der Waals surface area contributed by atoms with Gasteiger partial charge in [0.05, 0.1) is 6.10 Å². The fourth-order valence-electron chi connectivity index (χ4n) is 2.39. The van der Waals surface area contributed by atoms with Crippen molar-refractivity contribution >= 4 is 0 Å². The lowest BCUT2D eigenvalue weighted by Crippen LogP contribution is -2.11. The molecular weight excluding hydrogens is 244 g/mol. The minimum Gasteiger partial charge on any atom is -0.388 e. The molecule has 2 aromatic carbocycles. The van der Waals surface area contributed by atoms with Gasteiger partial charge in [0.25, 0.3) is 0 Å². The standard InChI is InChI=1S/C19H24O/c1-19(2,3)14-18(20)17-11-9-16(10-12-17)13-15-7-5-4-6-8-15/h4-12,18,20H,13-14H2,1-3H3. The van der Waals surface area contributed by atoms with E-state index in [0.717, 1.165) is 18.4 Å². The third-order valence-electron chi connectivity index (χ3n) is 3.42. The van der Waals surface area contributed by atoms with Crippen LogP contribution in [0.5, 0.6) is 0 Å². The summed E-state index contributed by atoms with van der Waals surface area (Å²) in [6.45, 7) is 6.46. The number of aliphatic hydroxyl groups is 1. The van der Waals surface area contributed by atoms with Gasteiger partial charge in [-0.3, -0.25) is 0 Å². The molecular formula is C19H24O. The Morgan fingerprint density at radius 2 is 1.40 bits per heavy atom. The Labute approximate surface area is 122 Å². The second kappa shape index (κ2) is 6.23. The van der Waals surface area contributed by atoms with Gasteiger partial charge in [0, 0.05) is 0 Å². The Balaban J connectivity index is 2.03. The monoisotopic (exact) mass is 268 g/mol. The van der Waals surface area contributed by atoms with Gasteiger partial charge in [-0.25, -0.2) is 0 Å². The van der Waals surface area contributed by atoms with Crippen LogP contribution in [0, 0.1) is 5.41 Å². The van der Waals surface area contributed by atoms with Crippen molar-refractivity contribution in [2.45, 2.75) is 39.7 Å². The Kier molecular flexibility index (Phi) is 4.61. The minimum atomic E-state index is -0.374. The third kappa shape index (κ3) is 4.50. The number of hydrogen-bond donors (Lipinski definition) is 1. The van der Waals surface area contributed by atoms with Crippen molar-refractivity contribution in [3.63, 3.8) is 0 Å². The van der Waals surface area contributed by atoms with E-state index in [4.69, 9.17) is 0 Å². The second-order valence-electron chi connectivity index (χ2n) is 6.68. The van der Waals surface area contributed by atoms with E-state index in [2.05, 4.69) is 69.3 Å². The molecule has 1 nitrogen and oxygen atoms in total. The number of benzene rings is 2. The highest BCUT2D eigenvalue weighted by atomic mass is 16.3. The molecule has 2 aromatic rings. The van der Waals surface area contributed by atoms with Crippen molar-refractivity contribution in [2.75, 3.05) is 0 Å². The lowest BCUT2D eigenvalue weighted by molar-refractivity contribution is 0.122. The summed E-state index contributed by atoms with van der Waals surface area (Å²) in [7, 11) is 0. The Bertz CT molecular complexity index is 520. The maximum absolute atomic E-state index is 10.2. The van der Waals surface area contributed by atoms with Crippen LogP contribution in [0.4, 0.5) is 0 Å². The van der Waals surface area contributed by atoms with Crippen LogP contribution in [0.3, 0.4) is 0 Å². The molecule has 1 N–H and O–H groups in total. The quantitative estimate of drug-likeness (QED) is 0.848. The smallest absolute Gasteiger partial charge is 0.0795 e. The molecule has 0 spiro atoms. The highest BCUT2D eigenvalue weighted by molar-refractivity contribution is 5.29. The normalized spacial score (nSPS) is 13.2. The molecule has 0 radical (unpaired) electrons. The van der Waals surface area contributed by atoms with E-state index in [1.165, 1.54) is 11.1 Å². The van der Waals surface area contributed by atoms with E-state index < -0.39 is 0 Å². The van der Waals surface area contributed by atoms with Crippen LogP contribution < -0.4 is 0 Å². The van der Waals surface area contributed by atoms with Crippen LogP contribution in [0.15, 0.2) is 54.6 Å². The first-order valence-corrected chi connectivity index (χ1v) is 7.25. The van der Waals surface area contributed by atoms with Gasteiger partial charge >= 0.3 is 0 Å². The lowest BCUT2D eigenvalue weighted by atomic mass is 9.86. The van der Waals surface area contributed by atoms with Crippen LogP contribution in [0.25, 0.3) is 0 Å². The van der Waals surface area contributed by atoms with Gasteiger partial charge in [0.1, 0.15) is 0 Å². The van der Waals surface area contributed by atoms with Crippen molar-refractivity contribution in [3.05, 3.63) is 71.3 Å². The predicted octanol–water partition coefficient (Wildman–Crippen LogP) is 4.75. The fraction of sp³-hybridized carbons (Fsp3) is 0.368. The first-order chi connectivity index (χ1) is 9.44. The molecule has 0 amide bonds. The lowest BCUT2D eigenvalue weighted by Gasteiger charge is -2.22. The Morgan fingerprint density at radius 1 is 0.850 bits per heavy atom. The molecule has 1 atom stereocenters. The zero-order valence-electron chi connectivity index (χ0n) is 12.6. The molecule has 1 unspecified atom stereocenters. The molecule has 0 fully saturated rings. The van der Waals surface area contributed by atoms with Crippen LogP contribution in [0.2, 0.25) is 0 Å². The summed E-state index contributed by atoms with van der Waals surface area (Å²) in [4.78, 5) is 0. The molecule has 1 heteroatoms. The van der Waals surface area contributed by atoms with E-state index in [0.29, 0.717) is 0 Å². The average Bonchev–Trinajstić information content (AvgIpc) is 2.39. The maximum Gasteiger partial charge on any atom is 0.0795 e. The Hall–Kier alpha value is -1.60. The van der Waals surface area contributed by atoms with Crippen LogP contribution in [-0.2, 0) is 6.42 Å². The van der Waals surface area contributed by atoms with E-state index in [1.54, 1.807) is 0 Å². The summed E-state index contributed by atoms with van der Waals surface area (Å²) in [5, 5.41) is 10.2. The summed E-state index contributed by atoms with van der Waals surface area (Å²) >= 11 is 0. The molecule has 0 aliphatic carbocycles. The molecule has 0 aliphatic heterocycles. The molecule has 2 rings (SSSR count). The van der Waals surface area contributed by atoms with Gasteiger partial charge in [-0.15, -0.1) is 0 Å². The van der Waals surface area contributed by atoms with Crippen molar-refractivity contribution in [2.24, 2.45) is 5.41 Å². The first kappa shape index (κ1) is 14.8. The largest absolute Gasteiger partial charge is 0.388 e. The minimum absolute atomic E-state index is 0.141. The van der Waals surface area contributed by atoms with E-state index in [1.807, 2.05) is 6.07 Å². The van der Waals surface area contributed by atoms with Gasteiger partial charge in [-0.2, -0.15) is 0 Å². The highest BCUT2D eigenvalue weighted by Crippen LogP contribution is 2.29. The van der Waals surface area contributed by atoms with Crippen molar-refractivity contribution in [1.82, 2.24) is 0 Å². The van der Waals surface area contributed by atoms with Crippen LogP contribution in [-0.4, -0.2) is 5.11 Å². The summed E-state index contributed by atoms with van der Waals surface area (Å²) in [5.74, 6) is 0. The zero-order chi connectivity index (χ0) is 14.6. The summed E-state index contributed by atoms with van der Waals surface area (Å²) in [6, 6.07) is 18.8. The molecule has 20 heavy (non-hydrogen) atoms. The zero-order valence-corrected chi connectivity index (χ0v) is 12.6. The number of aliphatic hydroxyl groups excluding tert-OH is 1. The second-order valence-corrected chi connectivity index (χ2v) is 6.68. The van der Waals surface area contributed by atoms with E-state index in [9.17, 15) is 5.11 Å². The molecule has 0 saturated carbocycles. The van der Waals surface area contributed by atoms with Gasteiger partial charge in [-0.05, 0) is 34.9 Å². The fourth-order valence-corrected chi connectivity index (χ4v) is 2.39. The molecule has 106 valence electrons. The molecule has 0 aromatic heterocycles. The SMILES string of the molecule is CC(C)(C)CC(O)c1ccc(Cc2ccccc2)cc1. The van der Waals surface area contributed by atoms with E-state index >= 15 is 0 Å². The summed E-state index contributed by atoms with van der Waals surface area (Å²) < 4.78 is 0. The molecule has 0 aliphatic rings. The van der Waals surface area contributed by atoms with Crippen molar-refractivity contribution in [1.29, 1.82) is 0 Å². The summed E-state index contributed by atoms with van der Waals surface area (Å²) in [5.41, 5.74) is 3.75. The van der Waals surface area contributed by atoms with Gasteiger partial charge in [0.15, 0.2) is 0 Å². The summed E-state index contributed by atoms with van der Waals surface area (Å²) in [6.07, 6.45) is 1.35. The number of hydrogen-bond acceptors (Lipinski definition) is 1. The molecule has 0 heterocycles. The average molecular weight is 268 g/mol. The van der Waals surface area contributed by atoms with E-state index in [-0.39, 0.29) is 11.5 Å². The van der Waals surface area contributed by atoms with Crippen LogP contribution in [0.1, 0.15) is 50.0 Å². The first-order valence-electron chi connectivity index (χ1n) is 7.25. The third-order valence-corrected chi connectivity index (χ3v) is 3.42. The number of rotatable bonds is 4. The molecule has 0 bridgehead atoms. The predicted molar refractivity (Wildman–Crippen MR) is 84.7 cm³/mol. The highest BCUT2D eigenvalue weighted by Gasteiger charge is 2.17. The van der Waals surface area contributed by atoms with Crippen molar-refractivity contribution in [3.8, 4) is 0 Å². The van der Waals surface area contributed by atoms with Gasteiger partial charge < -0.3 is 5.11 Å². The molecule has 0 saturated heterocycles. The van der Waals surface area contributed by atoms with Crippen molar-refractivity contribution < 1.29 is 5.11 Å². The van der Waals surface area contributed by atoms with Gasteiger partial charge in [0.2, 0.25) is 0 Å². The van der Waals surface area contributed by atoms with Crippen LogP contribution >= 0.6 is 0 Å². The maximum atomic E-state index is 10.2.